The van der Waals surface area contributed by atoms with E-state index in [-0.39, 0.29) is 26.9 Å². The molecule has 1 amide bonds. The molecule has 0 aromatic heterocycles. The van der Waals surface area contributed by atoms with Gasteiger partial charge in [-0.05, 0) is 49.2 Å². The Morgan fingerprint density at radius 1 is 1.16 bits per heavy atom. The maximum Gasteiger partial charge on any atom is 0.338 e. The molecule has 0 atom stereocenters. The lowest BCUT2D eigenvalue weighted by Gasteiger charge is -2.18. The molecule has 2 aromatic carbocycles. The third-order valence-electron chi connectivity index (χ3n) is 4.62. The predicted molar refractivity (Wildman–Crippen MR) is 111 cm³/mol. The average molecular weight is 471 g/mol. The Balaban J connectivity index is 1.71. The van der Waals surface area contributed by atoms with Gasteiger partial charge in [-0.1, -0.05) is 11.6 Å². The van der Waals surface area contributed by atoms with Crippen molar-refractivity contribution in [1.29, 1.82) is 0 Å². The Hall–Kier alpha value is -2.69. The van der Waals surface area contributed by atoms with E-state index in [0.29, 0.717) is 13.1 Å². The first-order chi connectivity index (χ1) is 14.7. The van der Waals surface area contributed by atoms with Crippen LogP contribution in [0.2, 0.25) is 5.02 Å². The second kappa shape index (κ2) is 9.63. The molecule has 0 radical (unpaired) electrons. The van der Waals surface area contributed by atoms with Crippen molar-refractivity contribution in [3.63, 3.8) is 0 Å². The largest absolute Gasteiger partial charge is 0.495 e. The highest BCUT2D eigenvalue weighted by Gasteiger charge is 2.31. The van der Waals surface area contributed by atoms with E-state index in [1.54, 1.807) is 0 Å². The van der Waals surface area contributed by atoms with Crippen LogP contribution in [0.5, 0.6) is 5.75 Å². The number of rotatable bonds is 7. The van der Waals surface area contributed by atoms with Crippen molar-refractivity contribution in [2.24, 2.45) is 0 Å². The molecule has 8 nitrogen and oxygen atoms in total. The molecule has 0 aliphatic carbocycles. The van der Waals surface area contributed by atoms with Gasteiger partial charge in [-0.15, -0.1) is 0 Å². The van der Waals surface area contributed by atoms with Crippen LogP contribution < -0.4 is 10.1 Å². The van der Waals surface area contributed by atoms with Crippen LogP contribution in [0.3, 0.4) is 0 Å². The Morgan fingerprint density at radius 3 is 2.52 bits per heavy atom. The molecule has 0 unspecified atom stereocenters. The quantitative estimate of drug-likeness (QED) is 0.624. The van der Waals surface area contributed by atoms with E-state index in [0.717, 1.165) is 25.0 Å². The highest BCUT2D eigenvalue weighted by atomic mass is 35.5. The van der Waals surface area contributed by atoms with E-state index >= 15 is 0 Å². The van der Waals surface area contributed by atoms with Gasteiger partial charge in [-0.2, -0.15) is 4.31 Å². The van der Waals surface area contributed by atoms with E-state index in [9.17, 15) is 22.4 Å². The molecular weight excluding hydrogens is 451 g/mol. The van der Waals surface area contributed by atoms with Gasteiger partial charge in [0, 0.05) is 13.1 Å². The van der Waals surface area contributed by atoms with Gasteiger partial charge >= 0.3 is 5.97 Å². The van der Waals surface area contributed by atoms with Crippen LogP contribution >= 0.6 is 11.6 Å². The van der Waals surface area contributed by atoms with E-state index in [4.69, 9.17) is 21.1 Å². The van der Waals surface area contributed by atoms with Crippen LogP contribution in [0.25, 0.3) is 0 Å². The lowest BCUT2D eigenvalue weighted by atomic mass is 10.2. The molecule has 11 heteroatoms. The third kappa shape index (κ3) is 5.33. The van der Waals surface area contributed by atoms with Crippen molar-refractivity contribution in [2.45, 2.75) is 17.7 Å². The molecule has 166 valence electrons. The fourth-order valence-corrected chi connectivity index (χ4v) is 4.98. The van der Waals surface area contributed by atoms with Crippen LogP contribution in [0, 0.1) is 5.82 Å². The Morgan fingerprint density at radius 2 is 1.87 bits per heavy atom. The Bertz CT molecular complexity index is 1100. The van der Waals surface area contributed by atoms with Crippen LogP contribution in [0.4, 0.5) is 10.1 Å². The lowest BCUT2D eigenvalue weighted by Crippen LogP contribution is -2.28. The smallest absolute Gasteiger partial charge is 0.338 e. The minimum absolute atomic E-state index is 0.00779. The molecule has 1 fully saturated rings. The number of halogens is 2. The van der Waals surface area contributed by atoms with Crippen LogP contribution in [0.15, 0.2) is 41.3 Å². The number of sulfonamides is 1. The number of amides is 1. The number of hydrogen-bond donors (Lipinski definition) is 1. The molecule has 31 heavy (non-hydrogen) atoms. The van der Waals surface area contributed by atoms with Crippen LogP contribution in [-0.2, 0) is 19.6 Å². The van der Waals surface area contributed by atoms with Gasteiger partial charge in [-0.25, -0.2) is 17.6 Å². The highest BCUT2D eigenvalue weighted by Crippen LogP contribution is 2.30. The van der Waals surface area contributed by atoms with Crippen molar-refractivity contribution >= 4 is 39.2 Å². The van der Waals surface area contributed by atoms with E-state index in [2.05, 4.69) is 5.32 Å². The summed E-state index contributed by atoms with van der Waals surface area (Å²) in [5.74, 6) is -2.04. The van der Waals surface area contributed by atoms with Crippen LogP contribution in [0.1, 0.15) is 23.2 Å². The molecule has 1 aliphatic rings. The molecule has 3 rings (SSSR count). The summed E-state index contributed by atoms with van der Waals surface area (Å²) in [7, 11) is -2.51. The third-order valence-corrected chi connectivity index (χ3v) is 6.85. The standard InChI is InChI=1S/C20H20ClFN2O6S/c1-29-17-7-4-13(10-18(17)31(27,28)24-8-2-3-9-24)20(26)30-12-19(25)23-16-6-5-14(22)11-15(16)21/h4-7,10-11H,2-3,8-9,12H2,1H3,(H,23,25). The van der Waals surface area contributed by atoms with E-state index in [1.165, 1.54) is 35.7 Å². The minimum Gasteiger partial charge on any atom is -0.495 e. The maximum atomic E-state index is 13.1. The SMILES string of the molecule is COc1ccc(C(=O)OCC(=O)Nc2ccc(F)cc2Cl)cc1S(=O)(=O)N1CCCC1. The van der Waals surface area contributed by atoms with Gasteiger partial charge in [0.15, 0.2) is 6.61 Å². The summed E-state index contributed by atoms with van der Waals surface area (Å²) >= 11 is 5.84. The zero-order valence-corrected chi connectivity index (χ0v) is 18.1. The Kier molecular flexibility index (Phi) is 7.14. The molecule has 1 N–H and O–H groups in total. The zero-order chi connectivity index (χ0) is 22.6. The Labute approximate surface area is 183 Å². The summed E-state index contributed by atoms with van der Waals surface area (Å²) in [6.07, 6.45) is 1.52. The van der Waals surface area contributed by atoms with E-state index < -0.39 is 34.3 Å². The van der Waals surface area contributed by atoms with Crippen molar-refractivity contribution in [3.05, 3.63) is 52.8 Å². The molecule has 1 heterocycles. The minimum atomic E-state index is -3.84. The van der Waals surface area contributed by atoms with Crippen molar-refractivity contribution in [2.75, 3.05) is 32.1 Å². The number of carbonyl (C=O) groups excluding carboxylic acids is 2. The van der Waals surface area contributed by atoms with Crippen molar-refractivity contribution in [1.82, 2.24) is 4.31 Å². The number of carbonyl (C=O) groups is 2. The van der Waals surface area contributed by atoms with E-state index in [1.807, 2.05) is 0 Å². The van der Waals surface area contributed by atoms with Crippen LogP contribution in [-0.4, -0.2) is 51.4 Å². The van der Waals surface area contributed by atoms with Gasteiger partial charge in [0.25, 0.3) is 5.91 Å². The molecular formula is C20H20ClFN2O6S. The molecule has 2 aromatic rings. The number of benzene rings is 2. The average Bonchev–Trinajstić information content (AvgIpc) is 3.29. The summed E-state index contributed by atoms with van der Waals surface area (Å²) in [6.45, 7) is 0.144. The normalized spacial score (nSPS) is 14.3. The molecule has 0 spiro atoms. The second-order valence-corrected chi connectivity index (χ2v) is 9.04. The maximum absolute atomic E-state index is 13.1. The summed E-state index contributed by atoms with van der Waals surface area (Å²) < 4.78 is 50.3. The number of ether oxygens (including phenoxy) is 2. The summed E-state index contributed by atoms with van der Waals surface area (Å²) in [4.78, 5) is 24.3. The van der Waals surface area contributed by atoms with Gasteiger partial charge < -0.3 is 14.8 Å². The van der Waals surface area contributed by atoms with Gasteiger partial charge in [0.05, 0.1) is 23.4 Å². The topological polar surface area (TPSA) is 102 Å². The summed E-state index contributed by atoms with van der Waals surface area (Å²) in [5.41, 5.74) is 0.110. The first kappa shape index (κ1) is 23.0. The first-order valence-corrected chi connectivity index (χ1v) is 11.1. The fourth-order valence-electron chi connectivity index (χ4n) is 3.06. The monoisotopic (exact) mass is 470 g/mol. The van der Waals surface area contributed by atoms with Crippen molar-refractivity contribution in [3.8, 4) is 5.75 Å². The number of methoxy groups -OCH3 is 1. The number of nitrogens with zero attached hydrogens (tertiary/aromatic N) is 1. The fraction of sp³-hybridized carbons (Fsp3) is 0.300. The lowest BCUT2D eigenvalue weighted by molar-refractivity contribution is -0.119. The second-order valence-electron chi connectivity index (χ2n) is 6.73. The summed E-state index contributed by atoms with van der Waals surface area (Å²) in [5, 5.41) is 2.39. The number of esters is 1. The predicted octanol–water partition coefficient (Wildman–Crippen LogP) is 3.07. The summed E-state index contributed by atoms with van der Waals surface area (Å²) in [6, 6.07) is 7.30. The molecule has 0 saturated carbocycles. The highest BCUT2D eigenvalue weighted by molar-refractivity contribution is 7.89. The number of nitrogens with one attached hydrogen (secondary N) is 1. The van der Waals surface area contributed by atoms with Gasteiger partial charge in [-0.3, -0.25) is 4.79 Å². The van der Waals surface area contributed by atoms with Crippen molar-refractivity contribution < 1.29 is 31.9 Å². The number of anilines is 1. The first-order valence-electron chi connectivity index (χ1n) is 9.32. The molecule has 0 bridgehead atoms. The molecule has 1 saturated heterocycles. The number of hydrogen-bond acceptors (Lipinski definition) is 6. The molecule has 1 aliphatic heterocycles. The van der Waals surface area contributed by atoms with Gasteiger partial charge in [0.1, 0.15) is 16.5 Å². The zero-order valence-electron chi connectivity index (χ0n) is 16.6. The van der Waals surface area contributed by atoms with Gasteiger partial charge in [0.2, 0.25) is 10.0 Å².